The molecule has 0 radical (unpaired) electrons. The van der Waals surface area contributed by atoms with E-state index in [0.717, 1.165) is 44.7 Å². The predicted molar refractivity (Wildman–Crippen MR) is 82.3 cm³/mol. The molecule has 1 heterocycles. The number of likely N-dealkylation sites (tertiary alicyclic amines) is 1. The van der Waals surface area contributed by atoms with Gasteiger partial charge in [-0.3, -0.25) is 4.79 Å². The van der Waals surface area contributed by atoms with Crippen LogP contribution in [-0.2, 0) is 11.2 Å². The van der Waals surface area contributed by atoms with Crippen molar-refractivity contribution in [2.75, 3.05) is 13.1 Å². The molecule has 20 heavy (non-hydrogen) atoms. The van der Waals surface area contributed by atoms with Crippen molar-refractivity contribution in [2.24, 2.45) is 11.7 Å². The number of carbonyl (C=O) groups excluding carboxylic acids is 1. The molecule has 0 bridgehead atoms. The molecule has 1 aromatic carbocycles. The summed E-state index contributed by atoms with van der Waals surface area (Å²) in [4.78, 5) is 14.1. The Labute approximate surface area is 122 Å². The summed E-state index contributed by atoms with van der Waals surface area (Å²) in [5.41, 5.74) is 7.12. The molecule has 1 unspecified atom stereocenters. The van der Waals surface area contributed by atoms with Crippen molar-refractivity contribution in [3.63, 3.8) is 0 Å². The number of hydrogen-bond acceptors (Lipinski definition) is 2. The summed E-state index contributed by atoms with van der Waals surface area (Å²) in [7, 11) is 0. The van der Waals surface area contributed by atoms with Crippen LogP contribution in [-0.4, -0.2) is 29.9 Å². The molecule has 0 aliphatic carbocycles. The zero-order valence-corrected chi connectivity index (χ0v) is 12.4. The fourth-order valence-electron chi connectivity index (χ4n) is 2.84. The lowest BCUT2D eigenvalue weighted by molar-refractivity contribution is -0.132. The van der Waals surface area contributed by atoms with Gasteiger partial charge in [0.2, 0.25) is 5.91 Å². The molecule has 1 aromatic rings. The van der Waals surface area contributed by atoms with Gasteiger partial charge in [0.25, 0.3) is 0 Å². The topological polar surface area (TPSA) is 46.3 Å². The van der Waals surface area contributed by atoms with E-state index in [1.54, 1.807) is 0 Å². The third kappa shape index (κ3) is 4.64. The number of benzene rings is 1. The van der Waals surface area contributed by atoms with Gasteiger partial charge in [0.05, 0.1) is 0 Å². The van der Waals surface area contributed by atoms with Gasteiger partial charge in [0, 0.05) is 25.6 Å². The van der Waals surface area contributed by atoms with Gasteiger partial charge in [-0.05, 0) is 44.1 Å². The first-order chi connectivity index (χ1) is 9.65. The first kappa shape index (κ1) is 15.0. The average Bonchev–Trinajstić information content (AvgIpc) is 2.46. The summed E-state index contributed by atoms with van der Waals surface area (Å²) in [6, 6.07) is 10.8. The number of hydrogen-bond donors (Lipinski definition) is 1. The molecule has 1 amide bonds. The van der Waals surface area contributed by atoms with E-state index in [9.17, 15) is 4.79 Å². The van der Waals surface area contributed by atoms with E-state index in [1.165, 1.54) is 5.56 Å². The minimum atomic E-state index is 0.120. The van der Waals surface area contributed by atoms with Crippen molar-refractivity contribution in [3.8, 4) is 0 Å². The molecule has 0 spiro atoms. The van der Waals surface area contributed by atoms with Crippen molar-refractivity contribution >= 4 is 5.91 Å². The van der Waals surface area contributed by atoms with Crippen LogP contribution >= 0.6 is 0 Å². The number of amides is 1. The van der Waals surface area contributed by atoms with E-state index >= 15 is 0 Å². The van der Waals surface area contributed by atoms with Gasteiger partial charge >= 0.3 is 0 Å². The molecule has 1 saturated heterocycles. The van der Waals surface area contributed by atoms with E-state index in [2.05, 4.69) is 30.3 Å². The summed E-state index contributed by atoms with van der Waals surface area (Å²) < 4.78 is 0. The Morgan fingerprint density at radius 2 is 1.95 bits per heavy atom. The number of nitrogens with zero attached hydrogens (tertiary/aromatic N) is 1. The number of nitrogens with two attached hydrogens (primary N) is 1. The summed E-state index contributed by atoms with van der Waals surface area (Å²) in [5.74, 6) is 0.996. The smallest absolute Gasteiger partial charge is 0.222 e. The fraction of sp³-hybridized carbons (Fsp3) is 0.588. The minimum Gasteiger partial charge on any atom is -0.343 e. The van der Waals surface area contributed by atoms with Crippen molar-refractivity contribution in [3.05, 3.63) is 35.9 Å². The van der Waals surface area contributed by atoms with Gasteiger partial charge in [-0.25, -0.2) is 0 Å². The minimum absolute atomic E-state index is 0.120. The summed E-state index contributed by atoms with van der Waals surface area (Å²) in [6.45, 7) is 3.78. The van der Waals surface area contributed by atoms with Crippen LogP contribution in [0.2, 0.25) is 0 Å². The lowest BCUT2D eigenvalue weighted by atomic mass is 9.90. The van der Waals surface area contributed by atoms with Crippen molar-refractivity contribution < 1.29 is 4.79 Å². The Bertz CT molecular complexity index is 408. The van der Waals surface area contributed by atoms with Crippen LogP contribution in [0.25, 0.3) is 0 Å². The molecule has 2 N–H and O–H groups in total. The average molecular weight is 274 g/mol. The number of piperidine rings is 1. The first-order valence-corrected chi connectivity index (χ1v) is 7.72. The largest absolute Gasteiger partial charge is 0.343 e. The maximum Gasteiger partial charge on any atom is 0.222 e. The molecule has 1 fully saturated rings. The van der Waals surface area contributed by atoms with Gasteiger partial charge in [0.1, 0.15) is 0 Å². The normalized spacial score (nSPS) is 18.0. The molecule has 0 aromatic heterocycles. The van der Waals surface area contributed by atoms with E-state index < -0.39 is 0 Å². The molecule has 1 aliphatic heterocycles. The Balaban J connectivity index is 1.73. The van der Waals surface area contributed by atoms with Crippen LogP contribution in [0.5, 0.6) is 0 Å². The highest BCUT2D eigenvalue weighted by Crippen LogP contribution is 2.22. The molecule has 1 aliphatic rings. The summed E-state index contributed by atoms with van der Waals surface area (Å²) in [5, 5.41) is 0. The Morgan fingerprint density at radius 1 is 1.30 bits per heavy atom. The predicted octanol–water partition coefficient (Wildman–Crippen LogP) is 2.60. The number of carbonyl (C=O) groups is 1. The zero-order chi connectivity index (χ0) is 14.4. The lowest BCUT2D eigenvalue weighted by Gasteiger charge is -2.32. The Morgan fingerprint density at radius 3 is 2.55 bits per heavy atom. The van der Waals surface area contributed by atoms with Gasteiger partial charge < -0.3 is 10.6 Å². The summed E-state index contributed by atoms with van der Waals surface area (Å²) >= 11 is 0. The van der Waals surface area contributed by atoms with Gasteiger partial charge in [-0.2, -0.15) is 0 Å². The van der Waals surface area contributed by atoms with E-state index in [4.69, 9.17) is 5.73 Å². The van der Waals surface area contributed by atoms with E-state index in [0.29, 0.717) is 6.42 Å². The highest BCUT2D eigenvalue weighted by Gasteiger charge is 2.22. The molecule has 110 valence electrons. The Hall–Kier alpha value is -1.35. The second-order valence-electron chi connectivity index (χ2n) is 6.03. The molecule has 3 nitrogen and oxygen atoms in total. The van der Waals surface area contributed by atoms with Crippen LogP contribution in [0.15, 0.2) is 30.3 Å². The number of rotatable bonds is 5. The monoisotopic (exact) mass is 274 g/mol. The van der Waals surface area contributed by atoms with Crippen LogP contribution in [0.3, 0.4) is 0 Å². The molecular formula is C17H26N2O. The molecule has 0 saturated carbocycles. The molecule has 1 atom stereocenters. The summed E-state index contributed by atoms with van der Waals surface area (Å²) in [6.07, 6.45) is 4.78. The molecule has 2 rings (SSSR count). The third-order valence-corrected chi connectivity index (χ3v) is 4.15. The first-order valence-electron chi connectivity index (χ1n) is 7.72. The van der Waals surface area contributed by atoms with Gasteiger partial charge in [-0.1, -0.05) is 30.3 Å². The fourth-order valence-corrected chi connectivity index (χ4v) is 2.84. The van der Waals surface area contributed by atoms with Crippen LogP contribution in [0, 0.1) is 5.92 Å². The highest BCUT2D eigenvalue weighted by atomic mass is 16.2. The quantitative estimate of drug-likeness (QED) is 0.897. The van der Waals surface area contributed by atoms with Crippen molar-refractivity contribution in [1.82, 2.24) is 4.90 Å². The third-order valence-electron chi connectivity index (χ3n) is 4.15. The maximum atomic E-state index is 12.0. The SMILES string of the molecule is CC(N)CCC(=O)N1CCC(Cc2ccccc2)CC1. The van der Waals surface area contributed by atoms with Crippen LogP contribution < -0.4 is 5.73 Å². The van der Waals surface area contributed by atoms with Gasteiger partial charge in [-0.15, -0.1) is 0 Å². The molecule has 3 heteroatoms. The van der Waals surface area contributed by atoms with Crippen LogP contribution in [0.1, 0.15) is 38.2 Å². The van der Waals surface area contributed by atoms with E-state index in [1.807, 2.05) is 11.8 Å². The second kappa shape index (κ2) is 7.44. The second-order valence-corrected chi connectivity index (χ2v) is 6.03. The van der Waals surface area contributed by atoms with Crippen molar-refractivity contribution in [2.45, 2.75) is 45.1 Å². The van der Waals surface area contributed by atoms with E-state index in [-0.39, 0.29) is 11.9 Å². The highest BCUT2D eigenvalue weighted by molar-refractivity contribution is 5.76. The van der Waals surface area contributed by atoms with Crippen molar-refractivity contribution in [1.29, 1.82) is 0 Å². The zero-order valence-electron chi connectivity index (χ0n) is 12.4. The van der Waals surface area contributed by atoms with Gasteiger partial charge in [0.15, 0.2) is 0 Å². The Kier molecular flexibility index (Phi) is 5.60. The standard InChI is InChI=1S/C17H26N2O/c1-14(18)7-8-17(20)19-11-9-16(10-12-19)13-15-5-3-2-4-6-15/h2-6,14,16H,7-13,18H2,1H3. The maximum absolute atomic E-state index is 12.0. The van der Waals surface area contributed by atoms with Crippen LogP contribution in [0.4, 0.5) is 0 Å². The molecular weight excluding hydrogens is 248 g/mol. The lowest BCUT2D eigenvalue weighted by Crippen LogP contribution is -2.39.